The summed E-state index contributed by atoms with van der Waals surface area (Å²) < 4.78 is 12.6. The van der Waals surface area contributed by atoms with Crippen LogP contribution in [-0.2, 0) is 13.2 Å². The maximum Gasteiger partial charge on any atom is 0.175 e. The van der Waals surface area contributed by atoms with Crippen molar-refractivity contribution in [3.8, 4) is 11.5 Å². The highest BCUT2D eigenvalue weighted by Crippen LogP contribution is 2.37. The second kappa shape index (κ2) is 11.6. The molecule has 3 aromatic carbocycles. The Morgan fingerprint density at radius 1 is 1.00 bits per heavy atom. The van der Waals surface area contributed by atoms with Crippen molar-refractivity contribution >= 4 is 56.9 Å². The van der Waals surface area contributed by atoms with Gasteiger partial charge in [0, 0.05) is 20.6 Å². The first-order valence-corrected chi connectivity index (χ1v) is 11.4. The Balaban J connectivity index is 1.70. The number of ether oxygens (including phenoxy) is 2. The van der Waals surface area contributed by atoms with E-state index in [1.807, 2.05) is 43.3 Å². The van der Waals surface area contributed by atoms with Gasteiger partial charge in [0.15, 0.2) is 11.5 Å². The zero-order valence-electron chi connectivity index (χ0n) is 16.7. The summed E-state index contributed by atoms with van der Waals surface area (Å²) >= 11 is 21.9. The Kier molecular flexibility index (Phi) is 8.90. The highest BCUT2D eigenvalue weighted by molar-refractivity contribution is 9.10. The van der Waals surface area contributed by atoms with E-state index in [0.29, 0.717) is 46.3 Å². The third-order valence-corrected chi connectivity index (χ3v) is 5.80. The van der Waals surface area contributed by atoms with E-state index in [9.17, 15) is 0 Å². The van der Waals surface area contributed by atoms with Gasteiger partial charge in [-0.05, 0) is 70.4 Å². The fourth-order valence-corrected chi connectivity index (χ4v) is 3.98. The maximum atomic E-state index is 6.18. The van der Waals surface area contributed by atoms with Gasteiger partial charge in [-0.25, -0.2) is 0 Å². The fourth-order valence-electron chi connectivity index (χ4n) is 2.75. The third-order valence-electron chi connectivity index (χ3n) is 4.25. The largest absolute Gasteiger partial charge is 0.490 e. The summed E-state index contributed by atoms with van der Waals surface area (Å²) in [5.41, 5.74) is 5.61. The molecular weight excluding hydrogens is 523 g/mol. The van der Waals surface area contributed by atoms with Crippen LogP contribution >= 0.6 is 50.7 Å². The lowest BCUT2D eigenvalue weighted by molar-refractivity contribution is 0.267. The summed E-state index contributed by atoms with van der Waals surface area (Å²) in [6.45, 7) is 3.24. The van der Waals surface area contributed by atoms with E-state index in [1.165, 1.54) is 0 Å². The molecule has 3 aromatic rings. The first kappa shape index (κ1) is 23.7. The lowest BCUT2D eigenvalue weighted by Crippen LogP contribution is -2.07. The molecule has 0 unspecified atom stereocenters. The molecule has 0 aliphatic carbocycles. The molecule has 0 aliphatic heterocycles. The molecule has 0 saturated carbocycles. The Bertz CT molecular complexity index is 1040. The van der Waals surface area contributed by atoms with E-state index in [-0.39, 0.29) is 0 Å². The number of halogens is 4. The number of rotatable bonds is 9. The minimum Gasteiger partial charge on any atom is -0.490 e. The van der Waals surface area contributed by atoms with Crippen molar-refractivity contribution in [2.45, 2.75) is 20.1 Å². The number of nitrogens with one attached hydrogen (secondary N) is 1. The smallest absolute Gasteiger partial charge is 0.175 e. The molecule has 0 heterocycles. The van der Waals surface area contributed by atoms with Crippen LogP contribution in [-0.4, -0.2) is 12.8 Å². The lowest BCUT2D eigenvalue weighted by Gasteiger charge is -2.15. The summed E-state index contributed by atoms with van der Waals surface area (Å²) in [6.07, 6.45) is 1.70. The minimum absolute atomic E-state index is 0.392. The zero-order chi connectivity index (χ0) is 22.2. The third kappa shape index (κ3) is 6.78. The van der Waals surface area contributed by atoms with Gasteiger partial charge in [0.25, 0.3) is 0 Å². The van der Waals surface area contributed by atoms with Crippen LogP contribution in [0.25, 0.3) is 0 Å². The van der Waals surface area contributed by atoms with Crippen LogP contribution in [0.15, 0.2) is 64.2 Å². The quantitative estimate of drug-likeness (QED) is 0.225. The summed E-state index contributed by atoms with van der Waals surface area (Å²) in [4.78, 5) is 0. The first-order valence-electron chi connectivity index (χ1n) is 9.50. The van der Waals surface area contributed by atoms with Crippen molar-refractivity contribution in [2.75, 3.05) is 6.61 Å². The molecule has 162 valence electrons. The molecule has 3 rings (SSSR count). The van der Waals surface area contributed by atoms with Gasteiger partial charge in [0.2, 0.25) is 0 Å². The van der Waals surface area contributed by atoms with Gasteiger partial charge in [-0.15, -0.1) is 0 Å². The average molecular weight is 543 g/mol. The van der Waals surface area contributed by atoms with Gasteiger partial charge in [-0.1, -0.05) is 53.0 Å². The first-order chi connectivity index (χ1) is 15.0. The van der Waals surface area contributed by atoms with Gasteiger partial charge in [-0.2, -0.15) is 5.10 Å². The van der Waals surface area contributed by atoms with Gasteiger partial charge in [-0.3, -0.25) is 0 Å². The molecule has 0 radical (unpaired) electrons. The van der Waals surface area contributed by atoms with E-state index < -0.39 is 0 Å². The van der Waals surface area contributed by atoms with Crippen molar-refractivity contribution in [1.82, 2.24) is 5.43 Å². The van der Waals surface area contributed by atoms with Crippen molar-refractivity contribution in [2.24, 2.45) is 5.10 Å². The number of nitrogens with zero attached hydrogens (tertiary/aromatic N) is 1. The van der Waals surface area contributed by atoms with E-state index in [2.05, 4.69) is 26.5 Å². The molecule has 8 heteroatoms. The van der Waals surface area contributed by atoms with Crippen LogP contribution in [0, 0.1) is 0 Å². The average Bonchev–Trinajstić information content (AvgIpc) is 2.74. The predicted octanol–water partition coefficient (Wildman–Crippen LogP) is 7.51. The van der Waals surface area contributed by atoms with E-state index >= 15 is 0 Å². The molecular formula is C23H20BrCl3N2O2. The number of hydrogen-bond acceptors (Lipinski definition) is 4. The van der Waals surface area contributed by atoms with Gasteiger partial charge in [0.1, 0.15) is 6.61 Å². The standard InChI is InChI=1S/C23H20BrCl3N2O2/c1-2-30-22-11-16(12-28-29-13-18-20(26)4-3-5-21(18)27)10-19(24)23(22)31-14-15-6-8-17(25)9-7-15/h3-12,29H,2,13-14H2,1H3/b28-12+. The monoisotopic (exact) mass is 540 g/mol. The molecule has 0 fully saturated rings. The predicted molar refractivity (Wildman–Crippen MR) is 132 cm³/mol. The van der Waals surface area contributed by atoms with Gasteiger partial charge >= 0.3 is 0 Å². The van der Waals surface area contributed by atoms with E-state index in [1.54, 1.807) is 24.4 Å². The second-order valence-electron chi connectivity index (χ2n) is 6.47. The Hall–Kier alpha value is -1.92. The summed E-state index contributed by atoms with van der Waals surface area (Å²) in [5.74, 6) is 1.26. The number of hydrazone groups is 1. The normalized spacial score (nSPS) is 11.0. The van der Waals surface area contributed by atoms with Crippen LogP contribution in [0.5, 0.6) is 11.5 Å². The molecule has 0 spiro atoms. The van der Waals surface area contributed by atoms with Crippen LogP contribution in [0.2, 0.25) is 15.1 Å². The van der Waals surface area contributed by atoms with Crippen molar-refractivity contribution in [3.05, 3.63) is 90.8 Å². The number of benzene rings is 3. The summed E-state index contributed by atoms with van der Waals surface area (Å²) in [6, 6.07) is 16.7. The zero-order valence-corrected chi connectivity index (χ0v) is 20.5. The molecule has 0 aromatic heterocycles. The van der Waals surface area contributed by atoms with Crippen LogP contribution in [0.4, 0.5) is 0 Å². The molecule has 0 aliphatic rings. The molecule has 0 bridgehead atoms. The number of hydrogen-bond donors (Lipinski definition) is 1. The topological polar surface area (TPSA) is 42.8 Å². The van der Waals surface area contributed by atoms with Crippen molar-refractivity contribution in [1.29, 1.82) is 0 Å². The van der Waals surface area contributed by atoms with Crippen LogP contribution < -0.4 is 14.9 Å². The van der Waals surface area contributed by atoms with Gasteiger partial charge in [0.05, 0.1) is 23.8 Å². The van der Waals surface area contributed by atoms with Gasteiger partial charge < -0.3 is 14.9 Å². The van der Waals surface area contributed by atoms with E-state index in [0.717, 1.165) is 21.2 Å². The van der Waals surface area contributed by atoms with Crippen LogP contribution in [0.1, 0.15) is 23.6 Å². The molecule has 0 saturated heterocycles. The summed E-state index contributed by atoms with van der Waals surface area (Å²) in [7, 11) is 0. The lowest BCUT2D eigenvalue weighted by atomic mass is 10.2. The Morgan fingerprint density at radius 3 is 2.39 bits per heavy atom. The fraction of sp³-hybridized carbons (Fsp3) is 0.174. The van der Waals surface area contributed by atoms with Crippen molar-refractivity contribution in [3.63, 3.8) is 0 Å². The van der Waals surface area contributed by atoms with Crippen LogP contribution in [0.3, 0.4) is 0 Å². The highest BCUT2D eigenvalue weighted by Gasteiger charge is 2.12. The Labute approximate surface area is 205 Å². The summed E-state index contributed by atoms with van der Waals surface area (Å²) in [5, 5.41) is 6.15. The molecule has 31 heavy (non-hydrogen) atoms. The molecule has 4 nitrogen and oxygen atoms in total. The molecule has 0 amide bonds. The van der Waals surface area contributed by atoms with Crippen molar-refractivity contribution < 1.29 is 9.47 Å². The minimum atomic E-state index is 0.392. The highest BCUT2D eigenvalue weighted by atomic mass is 79.9. The molecule has 0 atom stereocenters. The maximum absolute atomic E-state index is 6.18. The molecule has 1 N–H and O–H groups in total. The SMILES string of the molecule is CCOc1cc(/C=N/NCc2c(Cl)cccc2Cl)cc(Br)c1OCc1ccc(Cl)cc1. The van der Waals surface area contributed by atoms with E-state index in [4.69, 9.17) is 44.3 Å². The Morgan fingerprint density at radius 2 is 1.71 bits per heavy atom. The second-order valence-corrected chi connectivity index (χ2v) is 8.58.